The molecule has 6 nitrogen and oxygen atoms in total. The van der Waals surface area contributed by atoms with Gasteiger partial charge in [-0.3, -0.25) is 4.79 Å². The highest BCUT2D eigenvalue weighted by Gasteiger charge is 2.38. The van der Waals surface area contributed by atoms with Crippen LogP contribution >= 0.6 is 0 Å². The van der Waals surface area contributed by atoms with Crippen molar-refractivity contribution >= 4 is 15.9 Å². The van der Waals surface area contributed by atoms with Crippen molar-refractivity contribution < 1.29 is 13.2 Å². The molecule has 7 heteroatoms. The van der Waals surface area contributed by atoms with E-state index in [2.05, 4.69) is 12.2 Å². The van der Waals surface area contributed by atoms with Crippen molar-refractivity contribution in [1.29, 1.82) is 5.26 Å². The summed E-state index contributed by atoms with van der Waals surface area (Å²) in [6.07, 6.45) is 3.20. The molecule has 1 aromatic carbocycles. The van der Waals surface area contributed by atoms with Gasteiger partial charge in [-0.1, -0.05) is 25.5 Å². The quantitative estimate of drug-likeness (QED) is 0.785. The number of piperidine rings is 1. The smallest absolute Gasteiger partial charge is 0.244 e. The highest BCUT2D eigenvalue weighted by molar-refractivity contribution is 7.89. The second kappa shape index (κ2) is 8.45. The van der Waals surface area contributed by atoms with Crippen molar-refractivity contribution in [1.82, 2.24) is 9.62 Å². The van der Waals surface area contributed by atoms with Crippen molar-refractivity contribution in [2.45, 2.75) is 50.5 Å². The number of hydrogen-bond donors (Lipinski definition) is 1. The molecule has 0 aliphatic carbocycles. The molecular weight excluding hydrogens is 338 g/mol. The van der Waals surface area contributed by atoms with Crippen LogP contribution in [-0.2, 0) is 14.8 Å². The lowest BCUT2D eigenvalue weighted by Crippen LogP contribution is -2.49. The Morgan fingerprint density at radius 1 is 1.36 bits per heavy atom. The molecule has 2 atom stereocenters. The second-order valence-electron chi connectivity index (χ2n) is 6.45. The molecule has 1 N–H and O–H groups in total. The molecule has 0 unspecified atom stereocenters. The first-order valence-electron chi connectivity index (χ1n) is 8.70. The fourth-order valence-electron chi connectivity index (χ4n) is 3.07. The number of nitrogens with one attached hydrogen (secondary N) is 1. The summed E-state index contributed by atoms with van der Waals surface area (Å²) >= 11 is 0. The molecule has 136 valence electrons. The van der Waals surface area contributed by atoms with E-state index in [1.165, 1.54) is 16.4 Å². The molecule has 1 aromatic rings. The summed E-state index contributed by atoms with van der Waals surface area (Å²) in [7, 11) is -3.81. The van der Waals surface area contributed by atoms with Crippen LogP contribution in [0.2, 0.25) is 0 Å². The summed E-state index contributed by atoms with van der Waals surface area (Å²) in [4.78, 5) is 12.3. The Labute approximate surface area is 149 Å². The maximum Gasteiger partial charge on any atom is 0.244 e. The Bertz CT molecular complexity index is 755. The number of carbonyl (C=O) groups is 1. The Kier molecular flexibility index (Phi) is 6.57. The number of sulfonamides is 1. The fraction of sp³-hybridized carbons (Fsp3) is 0.556. The highest BCUT2D eigenvalue weighted by atomic mass is 32.2. The van der Waals surface area contributed by atoms with Crippen LogP contribution in [0.25, 0.3) is 0 Å². The number of carbonyl (C=O) groups excluding carboxylic acids is 1. The summed E-state index contributed by atoms with van der Waals surface area (Å²) < 4.78 is 27.5. The topological polar surface area (TPSA) is 90.3 Å². The average molecular weight is 363 g/mol. The summed E-state index contributed by atoms with van der Waals surface area (Å²) in [6.45, 7) is 4.67. The maximum atomic E-state index is 13.0. The lowest BCUT2D eigenvalue weighted by molar-refractivity contribution is -0.126. The van der Waals surface area contributed by atoms with Crippen molar-refractivity contribution in [3.63, 3.8) is 0 Å². The third-order valence-electron chi connectivity index (χ3n) is 4.62. The maximum absolute atomic E-state index is 13.0. The first kappa shape index (κ1) is 19.4. The molecule has 0 radical (unpaired) electrons. The van der Waals surface area contributed by atoms with Crippen LogP contribution in [0.4, 0.5) is 0 Å². The van der Waals surface area contributed by atoms with Crippen LogP contribution in [0.15, 0.2) is 29.2 Å². The normalized spacial score (nSPS) is 21.5. The van der Waals surface area contributed by atoms with E-state index in [4.69, 9.17) is 0 Å². The van der Waals surface area contributed by atoms with E-state index < -0.39 is 10.0 Å². The largest absolute Gasteiger partial charge is 0.356 e. The molecule has 2 rings (SSSR count). The number of amides is 1. The van der Waals surface area contributed by atoms with E-state index in [-0.39, 0.29) is 34.9 Å². The molecule has 1 saturated heterocycles. The van der Waals surface area contributed by atoms with Crippen LogP contribution in [0.1, 0.15) is 45.1 Å². The Morgan fingerprint density at radius 2 is 2.08 bits per heavy atom. The van der Waals surface area contributed by atoms with E-state index in [1.807, 2.05) is 13.0 Å². The molecule has 0 spiro atoms. The molecule has 0 aromatic heterocycles. The zero-order valence-corrected chi connectivity index (χ0v) is 15.6. The molecule has 25 heavy (non-hydrogen) atoms. The molecule has 1 aliphatic rings. The third kappa shape index (κ3) is 4.39. The molecule has 1 amide bonds. The van der Waals surface area contributed by atoms with Gasteiger partial charge in [0.05, 0.1) is 16.4 Å². The summed E-state index contributed by atoms with van der Waals surface area (Å²) in [5, 5.41) is 12.1. The number of hydrogen-bond acceptors (Lipinski definition) is 4. The van der Waals surface area contributed by atoms with Gasteiger partial charge in [-0.05, 0) is 38.3 Å². The van der Waals surface area contributed by atoms with Gasteiger partial charge in [0.25, 0.3) is 0 Å². The first-order valence-corrected chi connectivity index (χ1v) is 10.1. The molecule has 1 aliphatic heterocycles. The van der Waals surface area contributed by atoms with Crippen molar-refractivity contribution in [3.05, 3.63) is 29.8 Å². The summed E-state index contributed by atoms with van der Waals surface area (Å²) in [6, 6.07) is 7.94. The average Bonchev–Trinajstić information content (AvgIpc) is 2.62. The van der Waals surface area contributed by atoms with Gasteiger partial charge in [0.15, 0.2) is 0 Å². The molecule has 1 fully saturated rings. The molecule has 0 bridgehead atoms. The molecule has 1 heterocycles. The Morgan fingerprint density at radius 3 is 2.76 bits per heavy atom. The van der Waals surface area contributed by atoms with Crippen LogP contribution in [0.3, 0.4) is 0 Å². The minimum atomic E-state index is -3.81. The van der Waals surface area contributed by atoms with Crippen LogP contribution in [0, 0.1) is 17.2 Å². The molecular formula is C18H25N3O3S. The lowest BCUT2D eigenvalue weighted by Gasteiger charge is -2.36. The van der Waals surface area contributed by atoms with Gasteiger partial charge >= 0.3 is 0 Å². The number of rotatable bonds is 6. The Balaban J connectivity index is 2.21. The van der Waals surface area contributed by atoms with Gasteiger partial charge in [0.2, 0.25) is 15.9 Å². The zero-order valence-electron chi connectivity index (χ0n) is 14.7. The number of benzene rings is 1. The minimum absolute atomic E-state index is 0.0105. The van der Waals surface area contributed by atoms with Gasteiger partial charge in [-0.2, -0.15) is 9.57 Å². The zero-order chi connectivity index (χ0) is 18.4. The van der Waals surface area contributed by atoms with E-state index in [0.29, 0.717) is 19.4 Å². The molecule has 0 saturated carbocycles. The van der Waals surface area contributed by atoms with Crippen LogP contribution < -0.4 is 5.32 Å². The van der Waals surface area contributed by atoms with Gasteiger partial charge in [0.1, 0.15) is 6.07 Å². The third-order valence-corrected chi connectivity index (χ3v) is 6.66. The van der Waals surface area contributed by atoms with Gasteiger partial charge < -0.3 is 5.32 Å². The van der Waals surface area contributed by atoms with Gasteiger partial charge in [0, 0.05) is 19.1 Å². The van der Waals surface area contributed by atoms with Crippen molar-refractivity contribution in [2.75, 3.05) is 13.1 Å². The van der Waals surface area contributed by atoms with Crippen LogP contribution in [0.5, 0.6) is 0 Å². The van der Waals surface area contributed by atoms with E-state index >= 15 is 0 Å². The highest BCUT2D eigenvalue weighted by Crippen LogP contribution is 2.29. The number of unbranched alkanes of at least 4 members (excludes halogenated alkanes) is 1. The lowest BCUT2D eigenvalue weighted by atomic mass is 9.94. The Hall–Kier alpha value is -1.91. The summed E-state index contributed by atoms with van der Waals surface area (Å²) in [5.74, 6) is -0.439. The monoisotopic (exact) mass is 363 g/mol. The standard InChI is InChI=1S/C18H25N3O3S/c1-3-4-11-20-18(22)16-10-9-14(2)21(13-16)25(23,24)17-8-6-5-7-15(17)12-19/h5-8,14,16H,3-4,9-11,13H2,1-2H3,(H,20,22)/t14-,16-/m0/s1. The number of nitrogens with zero attached hydrogens (tertiary/aromatic N) is 2. The SMILES string of the molecule is CCCCNC(=O)[C@H]1CC[C@H](C)N(S(=O)(=O)c2ccccc2C#N)C1. The summed E-state index contributed by atoms with van der Waals surface area (Å²) in [5.41, 5.74) is 0.129. The predicted molar refractivity (Wildman–Crippen MR) is 95.2 cm³/mol. The predicted octanol–water partition coefficient (Wildman–Crippen LogP) is 2.26. The van der Waals surface area contributed by atoms with Crippen LogP contribution in [-0.4, -0.2) is 37.8 Å². The second-order valence-corrected chi connectivity index (χ2v) is 8.31. The fourth-order valence-corrected chi connectivity index (χ4v) is 4.92. The van der Waals surface area contributed by atoms with Gasteiger partial charge in [-0.25, -0.2) is 8.42 Å². The van der Waals surface area contributed by atoms with Gasteiger partial charge in [-0.15, -0.1) is 0 Å². The van der Waals surface area contributed by atoms with E-state index in [9.17, 15) is 18.5 Å². The number of nitriles is 1. The first-order chi connectivity index (χ1) is 11.9. The van der Waals surface area contributed by atoms with Crippen molar-refractivity contribution in [2.24, 2.45) is 5.92 Å². The van der Waals surface area contributed by atoms with E-state index in [0.717, 1.165) is 12.8 Å². The van der Waals surface area contributed by atoms with Crippen molar-refractivity contribution in [3.8, 4) is 6.07 Å². The van der Waals surface area contributed by atoms with E-state index in [1.54, 1.807) is 12.1 Å². The minimum Gasteiger partial charge on any atom is -0.356 e.